The lowest BCUT2D eigenvalue weighted by molar-refractivity contribution is -0.133. The minimum atomic E-state index is -0.467. The zero-order valence-corrected chi connectivity index (χ0v) is 8.16. The van der Waals surface area contributed by atoms with Crippen molar-refractivity contribution in [3.8, 4) is 0 Å². The van der Waals surface area contributed by atoms with Crippen LogP contribution in [0.5, 0.6) is 0 Å². The molecule has 0 radical (unpaired) electrons. The normalized spacial score (nSPS) is 28.7. The van der Waals surface area contributed by atoms with Gasteiger partial charge in [0, 0.05) is 26.2 Å². The molecule has 2 aliphatic rings. The van der Waals surface area contributed by atoms with Gasteiger partial charge in [-0.3, -0.25) is 0 Å². The van der Waals surface area contributed by atoms with Gasteiger partial charge < -0.3 is 14.4 Å². The van der Waals surface area contributed by atoms with Gasteiger partial charge in [0.1, 0.15) is 5.60 Å². The van der Waals surface area contributed by atoms with E-state index < -0.39 is 5.60 Å². The molecule has 2 rings (SSSR count). The summed E-state index contributed by atoms with van der Waals surface area (Å²) in [5, 5.41) is 0. The smallest absolute Gasteiger partial charge is 0.151 e. The van der Waals surface area contributed by atoms with Gasteiger partial charge in [-0.25, -0.2) is 0 Å². The Labute approximate surface area is 79.0 Å². The fourth-order valence-electron chi connectivity index (χ4n) is 2.08. The predicted octanol–water partition coefficient (Wildman–Crippen LogP) is 0.829. The summed E-state index contributed by atoms with van der Waals surface area (Å²) in [6, 6.07) is 0.821. The van der Waals surface area contributed by atoms with Crippen LogP contribution in [0.15, 0.2) is 0 Å². The third kappa shape index (κ3) is 1.76. The SMILES string of the molecule is COC1(C=O)CCN(C2CC2)CC1. The number of likely N-dealkylation sites (tertiary alicyclic amines) is 1. The molecule has 3 nitrogen and oxygen atoms in total. The summed E-state index contributed by atoms with van der Waals surface area (Å²) in [5.41, 5.74) is -0.467. The molecule has 0 spiro atoms. The first kappa shape index (κ1) is 9.16. The Morgan fingerprint density at radius 1 is 1.38 bits per heavy atom. The van der Waals surface area contributed by atoms with Crippen molar-refractivity contribution >= 4 is 6.29 Å². The molecule has 0 unspecified atom stereocenters. The molecule has 1 saturated carbocycles. The molecule has 1 heterocycles. The van der Waals surface area contributed by atoms with Gasteiger partial charge in [-0.1, -0.05) is 0 Å². The highest BCUT2D eigenvalue weighted by atomic mass is 16.5. The Morgan fingerprint density at radius 2 is 2.00 bits per heavy atom. The van der Waals surface area contributed by atoms with E-state index in [1.54, 1.807) is 7.11 Å². The van der Waals surface area contributed by atoms with Gasteiger partial charge >= 0.3 is 0 Å². The van der Waals surface area contributed by atoms with Crippen molar-refractivity contribution in [3.05, 3.63) is 0 Å². The molecule has 1 aliphatic heterocycles. The summed E-state index contributed by atoms with van der Waals surface area (Å²) in [4.78, 5) is 13.3. The highest BCUT2D eigenvalue weighted by Crippen LogP contribution is 2.32. The molecule has 74 valence electrons. The van der Waals surface area contributed by atoms with Crippen LogP contribution in [0.25, 0.3) is 0 Å². The summed E-state index contributed by atoms with van der Waals surface area (Å²) < 4.78 is 5.28. The van der Waals surface area contributed by atoms with E-state index in [4.69, 9.17) is 4.74 Å². The van der Waals surface area contributed by atoms with Crippen LogP contribution >= 0.6 is 0 Å². The maximum Gasteiger partial charge on any atom is 0.151 e. The molecule has 1 aliphatic carbocycles. The second kappa shape index (κ2) is 3.39. The molecule has 0 atom stereocenters. The molecule has 0 bridgehead atoms. The molecule has 1 saturated heterocycles. The number of methoxy groups -OCH3 is 1. The molecule has 0 aromatic carbocycles. The van der Waals surface area contributed by atoms with Crippen LogP contribution in [-0.4, -0.2) is 43.0 Å². The van der Waals surface area contributed by atoms with Crippen LogP contribution < -0.4 is 0 Å². The minimum Gasteiger partial charge on any atom is -0.371 e. The molecule has 0 amide bonds. The number of carbonyl (C=O) groups excluding carboxylic acids is 1. The summed E-state index contributed by atoms with van der Waals surface area (Å²) in [6.07, 6.45) is 5.41. The largest absolute Gasteiger partial charge is 0.371 e. The summed E-state index contributed by atoms with van der Waals surface area (Å²) in [5.74, 6) is 0. The fraction of sp³-hybridized carbons (Fsp3) is 0.900. The number of ether oxygens (including phenoxy) is 1. The molecule has 2 fully saturated rings. The lowest BCUT2D eigenvalue weighted by atomic mass is 9.93. The molecule has 0 N–H and O–H groups in total. The van der Waals surface area contributed by atoms with E-state index in [0.717, 1.165) is 38.3 Å². The first-order chi connectivity index (χ1) is 6.29. The first-order valence-corrected chi connectivity index (χ1v) is 5.05. The molecule has 3 heteroatoms. The highest BCUT2D eigenvalue weighted by molar-refractivity contribution is 5.62. The standard InChI is InChI=1S/C10H17NO2/c1-13-10(8-12)4-6-11(7-5-10)9-2-3-9/h8-9H,2-7H2,1H3. The van der Waals surface area contributed by atoms with Gasteiger partial charge in [-0.15, -0.1) is 0 Å². The van der Waals surface area contributed by atoms with E-state index >= 15 is 0 Å². The van der Waals surface area contributed by atoms with Crippen LogP contribution in [-0.2, 0) is 9.53 Å². The van der Waals surface area contributed by atoms with Crippen LogP contribution in [0.3, 0.4) is 0 Å². The van der Waals surface area contributed by atoms with Gasteiger partial charge in [-0.05, 0) is 25.7 Å². The van der Waals surface area contributed by atoms with Gasteiger partial charge in [-0.2, -0.15) is 0 Å². The third-order valence-electron chi connectivity index (χ3n) is 3.33. The van der Waals surface area contributed by atoms with Crippen LogP contribution in [0.4, 0.5) is 0 Å². The van der Waals surface area contributed by atoms with E-state index in [0.29, 0.717) is 0 Å². The molecule has 0 aromatic heterocycles. The Kier molecular flexibility index (Phi) is 2.39. The Bertz CT molecular complexity index is 193. The van der Waals surface area contributed by atoms with Crippen molar-refractivity contribution in [2.45, 2.75) is 37.3 Å². The second-order valence-corrected chi connectivity index (χ2v) is 4.15. The lowest BCUT2D eigenvalue weighted by Crippen LogP contribution is -2.47. The van der Waals surface area contributed by atoms with Crippen LogP contribution in [0.2, 0.25) is 0 Å². The van der Waals surface area contributed by atoms with E-state index in [9.17, 15) is 4.79 Å². The first-order valence-electron chi connectivity index (χ1n) is 5.05. The maximum atomic E-state index is 10.9. The number of aldehydes is 1. The average molecular weight is 183 g/mol. The fourth-order valence-corrected chi connectivity index (χ4v) is 2.08. The van der Waals surface area contributed by atoms with E-state index in [1.807, 2.05) is 0 Å². The predicted molar refractivity (Wildman–Crippen MR) is 49.6 cm³/mol. The van der Waals surface area contributed by atoms with Gasteiger partial charge in [0.25, 0.3) is 0 Å². The Hall–Kier alpha value is -0.410. The summed E-state index contributed by atoms with van der Waals surface area (Å²) in [6.45, 7) is 2.05. The van der Waals surface area contributed by atoms with Crippen molar-refractivity contribution in [2.24, 2.45) is 0 Å². The Morgan fingerprint density at radius 3 is 2.38 bits per heavy atom. The monoisotopic (exact) mass is 183 g/mol. The molecule has 13 heavy (non-hydrogen) atoms. The summed E-state index contributed by atoms with van der Waals surface area (Å²) >= 11 is 0. The van der Waals surface area contributed by atoms with E-state index in [1.165, 1.54) is 12.8 Å². The van der Waals surface area contributed by atoms with Gasteiger partial charge in [0.05, 0.1) is 0 Å². The van der Waals surface area contributed by atoms with Crippen molar-refractivity contribution in [3.63, 3.8) is 0 Å². The lowest BCUT2D eigenvalue weighted by Gasteiger charge is -2.37. The highest BCUT2D eigenvalue weighted by Gasteiger charge is 2.38. The molecule has 0 aromatic rings. The zero-order chi connectivity index (χ0) is 9.31. The summed E-state index contributed by atoms with van der Waals surface area (Å²) in [7, 11) is 1.64. The topological polar surface area (TPSA) is 29.5 Å². The van der Waals surface area contributed by atoms with Crippen LogP contribution in [0.1, 0.15) is 25.7 Å². The minimum absolute atomic E-state index is 0.467. The van der Waals surface area contributed by atoms with E-state index in [-0.39, 0.29) is 0 Å². The van der Waals surface area contributed by atoms with Crippen molar-refractivity contribution < 1.29 is 9.53 Å². The number of hydrogen-bond donors (Lipinski definition) is 0. The second-order valence-electron chi connectivity index (χ2n) is 4.15. The number of rotatable bonds is 3. The zero-order valence-electron chi connectivity index (χ0n) is 8.16. The number of nitrogens with zero attached hydrogens (tertiary/aromatic N) is 1. The van der Waals surface area contributed by atoms with Gasteiger partial charge in [0.15, 0.2) is 6.29 Å². The van der Waals surface area contributed by atoms with Crippen molar-refractivity contribution in [1.82, 2.24) is 4.90 Å². The van der Waals surface area contributed by atoms with E-state index in [2.05, 4.69) is 4.90 Å². The Balaban J connectivity index is 1.89. The number of hydrogen-bond acceptors (Lipinski definition) is 3. The molecular formula is C10H17NO2. The average Bonchev–Trinajstić information content (AvgIpc) is 3.02. The van der Waals surface area contributed by atoms with Gasteiger partial charge in [0.2, 0.25) is 0 Å². The number of piperidine rings is 1. The molecular weight excluding hydrogens is 166 g/mol. The number of carbonyl (C=O) groups is 1. The van der Waals surface area contributed by atoms with Crippen molar-refractivity contribution in [1.29, 1.82) is 0 Å². The maximum absolute atomic E-state index is 10.9. The van der Waals surface area contributed by atoms with Crippen LogP contribution in [0, 0.1) is 0 Å². The quantitative estimate of drug-likeness (QED) is 0.607. The third-order valence-corrected chi connectivity index (χ3v) is 3.33. The van der Waals surface area contributed by atoms with Crippen molar-refractivity contribution in [2.75, 3.05) is 20.2 Å².